The number of amides is 1. The van der Waals surface area contributed by atoms with Crippen molar-refractivity contribution in [2.24, 2.45) is 5.90 Å². The van der Waals surface area contributed by atoms with Gasteiger partial charge in [0, 0.05) is 5.69 Å². The van der Waals surface area contributed by atoms with E-state index >= 15 is 0 Å². The Morgan fingerprint density at radius 2 is 2.07 bits per heavy atom. The van der Waals surface area contributed by atoms with Crippen LogP contribution in [0.1, 0.15) is 5.56 Å². The maximum Gasteiger partial charge on any atom is 0.411 e. The van der Waals surface area contributed by atoms with E-state index in [0.29, 0.717) is 12.3 Å². The summed E-state index contributed by atoms with van der Waals surface area (Å²) in [6, 6.07) is 7.09. The van der Waals surface area contributed by atoms with Crippen molar-refractivity contribution >= 4 is 11.8 Å². The van der Waals surface area contributed by atoms with Gasteiger partial charge >= 0.3 is 6.09 Å². The number of hydrogen-bond donors (Lipinski definition) is 2. The molecule has 0 aliphatic heterocycles. The third-order valence-electron chi connectivity index (χ3n) is 1.64. The predicted octanol–water partition coefficient (Wildman–Crippen LogP) is 1.26. The maximum absolute atomic E-state index is 10.8. The van der Waals surface area contributed by atoms with E-state index in [1.54, 1.807) is 24.3 Å². The number of ether oxygens (including phenoxy) is 1. The molecule has 1 amide bonds. The van der Waals surface area contributed by atoms with Crippen LogP contribution in [0.3, 0.4) is 0 Å². The molecule has 1 rings (SSSR count). The molecule has 0 fully saturated rings. The number of methoxy groups -OCH3 is 1. The minimum Gasteiger partial charge on any atom is -0.453 e. The van der Waals surface area contributed by atoms with Gasteiger partial charge in [-0.25, -0.2) is 10.7 Å². The van der Waals surface area contributed by atoms with Gasteiger partial charge < -0.3 is 4.74 Å². The highest BCUT2D eigenvalue weighted by Gasteiger charge is 1.99. The fraction of sp³-hybridized carbons (Fsp3) is 0.222. The Balaban J connectivity index is 2.59. The van der Waals surface area contributed by atoms with Crippen molar-refractivity contribution < 1.29 is 14.4 Å². The minimum absolute atomic E-state index is 0.346. The number of carbonyl (C=O) groups is 1. The SMILES string of the molecule is COC(=O)Nc1ccc(CON)cc1. The summed E-state index contributed by atoms with van der Waals surface area (Å²) in [5, 5.41) is 2.53. The minimum atomic E-state index is -0.493. The number of nitrogens with one attached hydrogen (secondary N) is 1. The van der Waals surface area contributed by atoms with Gasteiger partial charge in [0.05, 0.1) is 13.7 Å². The standard InChI is InChI=1S/C9H12N2O3/c1-13-9(12)11-8-4-2-7(3-5-8)6-14-10/h2-5H,6,10H2,1H3,(H,11,12). The molecule has 3 N–H and O–H groups in total. The lowest BCUT2D eigenvalue weighted by atomic mass is 10.2. The van der Waals surface area contributed by atoms with Crippen LogP contribution < -0.4 is 11.2 Å². The zero-order valence-electron chi connectivity index (χ0n) is 7.82. The number of hydrogen-bond acceptors (Lipinski definition) is 4. The topological polar surface area (TPSA) is 73.6 Å². The van der Waals surface area contributed by atoms with Gasteiger partial charge in [0.2, 0.25) is 0 Å². The average Bonchev–Trinajstić information content (AvgIpc) is 2.21. The first kappa shape index (κ1) is 10.5. The molecule has 0 unspecified atom stereocenters. The van der Waals surface area contributed by atoms with Crippen LogP contribution in [0.5, 0.6) is 0 Å². The molecule has 0 saturated heterocycles. The van der Waals surface area contributed by atoms with Gasteiger partial charge in [-0.05, 0) is 17.7 Å². The van der Waals surface area contributed by atoms with Crippen molar-refractivity contribution in [1.29, 1.82) is 0 Å². The number of benzene rings is 1. The van der Waals surface area contributed by atoms with E-state index in [0.717, 1.165) is 5.56 Å². The molecule has 0 aliphatic rings. The van der Waals surface area contributed by atoms with Crippen LogP contribution in [0.4, 0.5) is 10.5 Å². The van der Waals surface area contributed by atoms with Gasteiger partial charge in [0.1, 0.15) is 0 Å². The molecule has 0 saturated carbocycles. The molecule has 0 atom stereocenters. The van der Waals surface area contributed by atoms with Crippen molar-refractivity contribution in [3.8, 4) is 0 Å². The van der Waals surface area contributed by atoms with Gasteiger partial charge in [0.25, 0.3) is 0 Å². The molecular formula is C9H12N2O3. The number of nitrogens with two attached hydrogens (primary N) is 1. The van der Waals surface area contributed by atoms with Crippen molar-refractivity contribution in [1.82, 2.24) is 0 Å². The van der Waals surface area contributed by atoms with Gasteiger partial charge in [-0.2, -0.15) is 0 Å². The normalized spacial score (nSPS) is 9.57. The van der Waals surface area contributed by atoms with Crippen molar-refractivity contribution in [3.63, 3.8) is 0 Å². The average molecular weight is 196 g/mol. The zero-order chi connectivity index (χ0) is 10.4. The summed E-state index contributed by atoms with van der Waals surface area (Å²) in [5.74, 6) is 4.91. The Morgan fingerprint density at radius 1 is 1.43 bits per heavy atom. The smallest absolute Gasteiger partial charge is 0.411 e. The van der Waals surface area contributed by atoms with Crippen LogP contribution in [0.15, 0.2) is 24.3 Å². The third kappa shape index (κ3) is 3.04. The molecule has 0 aliphatic carbocycles. The third-order valence-corrected chi connectivity index (χ3v) is 1.64. The van der Waals surface area contributed by atoms with Crippen LogP contribution in [0.2, 0.25) is 0 Å². The lowest BCUT2D eigenvalue weighted by Crippen LogP contribution is -2.10. The second-order valence-electron chi connectivity index (χ2n) is 2.62. The first-order valence-electron chi connectivity index (χ1n) is 4.02. The summed E-state index contributed by atoms with van der Waals surface area (Å²) in [5.41, 5.74) is 1.60. The molecule has 1 aromatic rings. The Hall–Kier alpha value is -1.59. The molecule has 0 heterocycles. The van der Waals surface area contributed by atoms with Crippen molar-refractivity contribution in [3.05, 3.63) is 29.8 Å². The van der Waals surface area contributed by atoms with E-state index in [2.05, 4.69) is 14.9 Å². The molecule has 5 nitrogen and oxygen atoms in total. The molecule has 0 bridgehead atoms. The van der Waals surface area contributed by atoms with Crippen molar-refractivity contribution in [2.75, 3.05) is 12.4 Å². The maximum atomic E-state index is 10.8. The molecule has 76 valence electrons. The fourth-order valence-corrected chi connectivity index (χ4v) is 0.949. The highest BCUT2D eigenvalue weighted by molar-refractivity contribution is 5.84. The van der Waals surface area contributed by atoms with Gasteiger partial charge in [-0.1, -0.05) is 12.1 Å². The fourth-order valence-electron chi connectivity index (χ4n) is 0.949. The van der Waals surface area contributed by atoms with E-state index in [4.69, 9.17) is 5.90 Å². The van der Waals surface area contributed by atoms with Gasteiger partial charge in [0.15, 0.2) is 0 Å². The van der Waals surface area contributed by atoms with E-state index in [9.17, 15) is 4.79 Å². The van der Waals surface area contributed by atoms with E-state index in [1.807, 2.05) is 0 Å². The quantitative estimate of drug-likeness (QED) is 0.713. The summed E-state index contributed by atoms with van der Waals surface area (Å²) in [7, 11) is 1.31. The number of rotatable bonds is 3. The molecule has 0 spiro atoms. The van der Waals surface area contributed by atoms with Crippen LogP contribution in [0.25, 0.3) is 0 Å². The summed E-state index contributed by atoms with van der Waals surface area (Å²) in [6.07, 6.45) is -0.493. The lowest BCUT2D eigenvalue weighted by molar-refractivity contribution is 0.124. The van der Waals surface area contributed by atoms with Crippen LogP contribution in [-0.4, -0.2) is 13.2 Å². The molecule has 0 radical (unpaired) electrons. The molecule has 1 aromatic carbocycles. The number of anilines is 1. The van der Waals surface area contributed by atoms with Crippen molar-refractivity contribution in [2.45, 2.75) is 6.61 Å². The summed E-state index contributed by atoms with van der Waals surface area (Å²) in [4.78, 5) is 15.3. The number of carbonyl (C=O) groups excluding carboxylic acids is 1. The molecular weight excluding hydrogens is 184 g/mol. The Bertz CT molecular complexity index is 297. The second-order valence-corrected chi connectivity index (χ2v) is 2.62. The molecule has 14 heavy (non-hydrogen) atoms. The van der Waals surface area contributed by atoms with Crippen LogP contribution in [0, 0.1) is 0 Å². The lowest BCUT2D eigenvalue weighted by Gasteiger charge is -2.04. The molecule has 0 aromatic heterocycles. The Kier molecular flexibility index (Phi) is 3.90. The largest absolute Gasteiger partial charge is 0.453 e. The first-order valence-corrected chi connectivity index (χ1v) is 4.02. The monoisotopic (exact) mass is 196 g/mol. The van der Waals surface area contributed by atoms with Gasteiger partial charge in [-0.15, -0.1) is 0 Å². The highest BCUT2D eigenvalue weighted by Crippen LogP contribution is 2.09. The Morgan fingerprint density at radius 3 is 2.57 bits per heavy atom. The summed E-state index contributed by atoms with van der Waals surface area (Å²) >= 11 is 0. The van der Waals surface area contributed by atoms with Gasteiger partial charge in [-0.3, -0.25) is 10.2 Å². The molecule has 5 heteroatoms. The predicted molar refractivity (Wildman–Crippen MR) is 51.4 cm³/mol. The van der Waals surface area contributed by atoms with E-state index in [1.165, 1.54) is 7.11 Å². The van der Waals surface area contributed by atoms with Crippen LogP contribution >= 0.6 is 0 Å². The Labute approximate surface area is 81.8 Å². The van der Waals surface area contributed by atoms with E-state index in [-0.39, 0.29) is 0 Å². The highest BCUT2D eigenvalue weighted by atomic mass is 16.6. The second kappa shape index (κ2) is 5.21. The summed E-state index contributed by atoms with van der Waals surface area (Å²) < 4.78 is 4.44. The zero-order valence-corrected chi connectivity index (χ0v) is 7.82. The first-order chi connectivity index (χ1) is 6.76. The summed E-state index contributed by atoms with van der Waals surface area (Å²) in [6.45, 7) is 0.346. The van der Waals surface area contributed by atoms with E-state index < -0.39 is 6.09 Å². The van der Waals surface area contributed by atoms with Crippen LogP contribution in [-0.2, 0) is 16.2 Å².